The maximum absolute atomic E-state index is 9.81. The number of thiazole rings is 1. The van der Waals surface area contributed by atoms with Crippen LogP contribution in [-0.4, -0.2) is 94.2 Å². The molecule has 8 atom stereocenters. The predicted octanol–water partition coefficient (Wildman–Crippen LogP) is 18.7. The van der Waals surface area contributed by atoms with Gasteiger partial charge in [-0.15, -0.1) is 11.3 Å². The summed E-state index contributed by atoms with van der Waals surface area (Å²) in [6.45, 7) is 39.3. The van der Waals surface area contributed by atoms with Gasteiger partial charge < -0.3 is 55.8 Å². The molecular formula is C73H106N12OS4. The van der Waals surface area contributed by atoms with Gasteiger partial charge in [0.15, 0.2) is 15.4 Å². The number of isothiocyanates is 1. The number of nitrogens with zero attached hydrogens (tertiary/aromatic N) is 5. The Labute approximate surface area is 559 Å². The summed E-state index contributed by atoms with van der Waals surface area (Å²) < 4.78 is 0. The topological polar surface area (TPSA) is 165 Å². The highest BCUT2D eigenvalue weighted by molar-refractivity contribution is 7.80. The molecule has 4 aliphatic heterocycles. The summed E-state index contributed by atoms with van der Waals surface area (Å²) >= 11 is 16.5. The molecule has 9 aromatic rings. The number of aliphatic imine (C=N–C) groups is 1. The zero-order valence-electron chi connectivity index (χ0n) is 57.8. The van der Waals surface area contributed by atoms with Crippen LogP contribution in [0.5, 0.6) is 0 Å². The Morgan fingerprint density at radius 3 is 1.31 bits per heavy atom. The summed E-state index contributed by atoms with van der Waals surface area (Å²) in [5.74, 6) is 0.255. The molecule has 488 valence electrons. The molecule has 0 radical (unpaired) electrons. The van der Waals surface area contributed by atoms with E-state index < -0.39 is 0 Å². The number of ketones is 1. The molecule has 0 spiro atoms. The van der Waals surface area contributed by atoms with E-state index in [4.69, 9.17) is 35.2 Å². The zero-order chi connectivity index (χ0) is 67.1. The van der Waals surface area contributed by atoms with Crippen molar-refractivity contribution in [2.45, 2.75) is 212 Å². The van der Waals surface area contributed by atoms with Gasteiger partial charge >= 0.3 is 0 Å². The number of Topliss-reactive ketones (excluding diaryl/α,β-unsaturated/α-hetero) is 1. The lowest BCUT2D eigenvalue weighted by molar-refractivity contribution is -0.116. The fourth-order valence-electron chi connectivity index (χ4n) is 12.5. The number of fused-ring (bicyclic) bond motifs is 12. The Morgan fingerprint density at radius 2 is 0.956 bits per heavy atom. The fourth-order valence-corrected chi connectivity index (χ4v) is 14.2. The lowest BCUT2D eigenvalue weighted by Gasteiger charge is -2.40. The third-order valence-electron chi connectivity index (χ3n) is 16.4. The second-order valence-corrected chi connectivity index (χ2v) is 24.0. The highest BCUT2D eigenvalue weighted by atomic mass is 32.1. The van der Waals surface area contributed by atoms with Crippen LogP contribution in [0, 0.1) is 6.92 Å². The number of aryl methyl sites for hydroxylation is 1. The molecule has 9 heterocycles. The molecule has 5 aromatic heterocycles. The summed E-state index contributed by atoms with van der Waals surface area (Å²) in [5, 5.41) is 18.8. The first-order valence-corrected chi connectivity index (χ1v) is 34.8. The Bertz CT molecular complexity index is 3730. The number of aromatic amines is 4. The molecule has 0 amide bonds. The highest BCUT2D eigenvalue weighted by Crippen LogP contribution is 2.42. The average Bonchev–Trinajstić information content (AvgIpc) is 1.99. The molecule has 0 aliphatic carbocycles. The molecule has 0 fully saturated rings. The summed E-state index contributed by atoms with van der Waals surface area (Å²) in [5.41, 5.74) is 23.0. The maximum Gasteiger partial charge on any atom is 0.186 e. The van der Waals surface area contributed by atoms with Gasteiger partial charge in [-0.1, -0.05) is 135 Å². The van der Waals surface area contributed by atoms with Gasteiger partial charge in [-0.3, -0.25) is 0 Å². The molecule has 4 aliphatic rings. The van der Waals surface area contributed by atoms with E-state index in [1.807, 2.05) is 69.4 Å². The standard InChI is InChI=1S/C17H19N3S.C15H19N3S.C14H17N3S.C13H16N2.C4H8O.C2H3NS.4C2H6/c1-10-9-21-17(18-10)20-11(2)8-14-13-6-4-5-7-15(13)19-16(14)12(20)3;1-9-8-12-11-6-4-5-7-13(11)17-14(12)10(2)18(9)15(19)16-3;1-8-7-11-10-5-3-4-6-12(10)16-13(11)9(2)17(8)14(15)18;1-8-7-11-10-5-3-4-6-12(10)15-13(11)9(2)14-8;1-3-4(2)5;1-3-2-4;4*1-2/h4-7,9,11-12,19H,8H2,1-3H3;4-7,9-10,17H,8H2,1-3H3,(H,16,19);3-6,8-9,16H,7H2,1-2H3,(H2,15,18);3-6,8-9,14-15H,7H2,1-2H3;3H2,1-2H3;1H3;4*1-2H3. The van der Waals surface area contributed by atoms with Crippen LogP contribution < -0.4 is 21.3 Å². The first-order valence-electron chi connectivity index (χ1n) is 32.7. The Morgan fingerprint density at radius 1 is 0.611 bits per heavy atom. The summed E-state index contributed by atoms with van der Waals surface area (Å²) in [6, 6.07) is 37.3. The lowest BCUT2D eigenvalue weighted by atomic mass is 9.93. The van der Waals surface area contributed by atoms with E-state index in [1.54, 1.807) is 25.3 Å². The highest BCUT2D eigenvalue weighted by Gasteiger charge is 2.36. The minimum atomic E-state index is 0.216. The molecule has 0 saturated carbocycles. The molecule has 13 nitrogen and oxygen atoms in total. The van der Waals surface area contributed by atoms with Crippen LogP contribution >= 0.6 is 48.0 Å². The Hall–Kier alpha value is -6.72. The van der Waals surface area contributed by atoms with Gasteiger partial charge in [0.1, 0.15) is 5.78 Å². The monoisotopic (exact) mass is 1290 g/mol. The van der Waals surface area contributed by atoms with Gasteiger partial charge in [-0.2, -0.15) is 0 Å². The molecular weight excluding hydrogens is 1190 g/mol. The van der Waals surface area contributed by atoms with E-state index in [-0.39, 0.29) is 17.9 Å². The van der Waals surface area contributed by atoms with Gasteiger partial charge in [-0.05, 0) is 178 Å². The summed E-state index contributed by atoms with van der Waals surface area (Å²) in [6.07, 6.45) is 4.89. The number of carbonyl (C=O) groups excluding carboxylic acids is 1. The van der Waals surface area contributed by atoms with Crippen molar-refractivity contribution in [2.75, 3.05) is 19.0 Å². The van der Waals surface area contributed by atoms with Crippen molar-refractivity contribution in [2.24, 2.45) is 10.7 Å². The second kappa shape index (κ2) is 37.0. The largest absolute Gasteiger partial charge is 0.376 e. The number of rotatable bonds is 2. The first-order chi connectivity index (χ1) is 43.3. The first kappa shape index (κ1) is 75.7. The third kappa shape index (κ3) is 17.9. The second-order valence-electron chi connectivity index (χ2n) is 22.2. The number of thiocarbonyl (C=S) groups is 3. The van der Waals surface area contributed by atoms with Crippen molar-refractivity contribution in [3.8, 4) is 0 Å². The van der Waals surface area contributed by atoms with Crippen LogP contribution in [0.15, 0.2) is 107 Å². The molecule has 8 N–H and O–H groups in total. The van der Waals surface area contributed by atoms with Crippen molar-refractivity contribution in [3.63, 3.8) is 0 Å². The SMILES string of the molecule is CC.CC.CC.CC.CC1Cc2c([nH]c3ccccc23)C(C)N1.CC1Cc2c([nH]c3ccccc23)C(C)N1C(N)=S.CCC(C)=O.CN=C=S.CNC(=S)N1C(C)Cc2c([nH]c3ccccc23)C1C.Cc1csc(N2C(C)Cc3c([nH]c4ccccc34)C2C)n1. The quantitative estimate of drug-likeness (QED) is 0.0651. The number of benzene rings is 4. The number of H-pyrrole nitrogens is 4. The number of hydrogen-bond acceptors (Lipinski definition) is 9. The van der Waals surface area contributed by atoms with E-state index in [9.17, 15) is 4.79 Å². The van der Waals surface area contributed by atoms with Gasteiger partial charge in [0.25, 0.3) is 0 Å². The number of aromatic nitrogens is 5. The smallest absolute Gasteiger partial charge is 0.186 e. The minimum absolute atomic E-state index is 0.216. The van der Waals surface area contributed by atoms with Crippen LogP contribution in [0.4, 0.5) is 5.13 Å². The summed E-state index contributed by atoms with van der Waals surface area (Å²) in [7, 11) is 3.48. The van der Waals surface area contributed by atoms with Crippen LogP contribution in [-0.2, 0) is 30.5 Å². The average molecular weight is 1300 g/mol. The minimum Gasteiger partial charge on any atom is -0.376 e. The van der Waals surface area contributed by atoms with Crippen molar-refractivity contribution in [1.29, 1.82) is 0 Å². The normalized spacial score (nSPS) is 19.5. The molecule has 13 rings (SSSR count). The number of nitrogens with one attached hydrogen (secondary N) is 6. The summed E-state index contributed by atoms with van der Waals surface area (Å²) in [4.78, 5) is 38.9. The maximum atomic E-state index is 9.81. The molecule has 8 unspecified atom stereocenters. The van der Waals surface area contributed by atoms with Gasteiger partial charge in [0.2, 0.25) is 0 Å². The van der Waals surface area contributed by atoms with E-state index in [2.05, 4.69) is 232 Å². The fraction of sp³-hybridized carbons (Fsp3) is 0.466. The van der Waals surface area contributed by atoms with Gasteiger partial charge in [0.05, 0.1) is 29.0 Å². The number of carbonyl (C=O) groups is 1. The molecule has 0 bridgehead atoms. The van der Waals surface area contributed by atoms with E-state index in [0.29, 0.717) is 47.8 Å². The van der Waals surface area contributed by atoms with Crippen LogP contribution in [0.1, 0.15) is 206 Å². The molecule has 4 aromatic carbocycles. The van der Waals surface area contributed by atoms with Gasteiger partial charge in [0, 0.05) is 122 Å². The Balaban J connectivity index is 0.000000237. The van der Waals surface area contributed by atoms with Crippen LogP contribution in [0.25, 0.3) is 43.6 Å². The number of nitrogens with two attached hydrogens (primary N) is 1. The van der Waals surface area contributed by atoms with E-state index in [1.165, 1.54) is 88.6 Å². The van der Waals surface area contributed by atoms with E-state index in [0.717, 1.165) is 41.6 Å². The number of para-hydroxylation sites is 4. The Kier molecular flexibility index (Phi) is 31.1. The number of anilines is 1. The number of hydrogen-bond donors (Lipinski definition) is 7. The van der Waals surface area contributed by atoms with Crippen molar-refractivity contribution >= 4 is 118 Å². The molecule has 0 saturated heterocycles. The third-order valence-corrected chi connectivity index (χ3v) is 18.2. The van der Waals surface area contributed by atoms with Crippen molar-refractivity contribution in [1.82, 2.24) is 45.4 Å². The van der Waals surface area contributed by atoms with Crippen molar-refractivity contribution < 1.29 is 4.79 Å². The van der Waals surface area contributed by atoms with E-state index >= 15 is 0 Å². The van der Waals surface area contributed by atoms with Crippen molar-refractivity contribution in [3.05, 3.63) is 153 Å². The molecule has 17 heteroatoms. The lowest BCUT2D eigenvalue weighted by Crippen LogP contribution is -2.48. The van der Waals surface area contributed by atoms with Gasteiger partial charge in [-0.25, -0.2) is 9.98 Å². The molecule has 90 heavy (non-hydrogen) atoms. The zero-order valence-corrected chi connectivity index (χ0v) is 61.1. The van der Waals surface area contributed by atoms with Crippen LogP contribution in [0.2, 0.25) is 0 Å². The predicted molar refractivity (Wildman–Crippen MR) is 401 cm³/mol. The van der Waals surface area contributed by atoms with Crippen LogP contribution in [0.3, 0.4) is 0 Å².